The van der Waals surface area contributed by atoms with Gasteiger partial charge < -0.3 is 25.1 Å². The number of amides is 1. The van der Waals surface area contributed by atoms with Crippen molar-refractivity contribution in [1.29, 1.82) is 0 Å². The van der Waals surface area contributed by atoms with Gasteiger partial charge in [-0.15, -0.1) is 0 Å². The van der Waals surface area contributed by atoms with Crippen LogP contribution in [0.1, 0.15) is 44.0 Å². The third-order valence-corrected chi connectivity index (χ3v) is 5.38. The Bertz CT molecular complexity index is 649. The number of hydrogen-bond acceptors (Lipinski definition) is 5. The lowest BCUT2D eigenvalue weighted by Gasteiger charge is -2.41. The molecule has 0 heterocycles. The van der Waals surface area contributed by atoms with Crippen LogP contribution in [0.25, 0.3) is 0 Å². The average Bonchev–Trinajstić information content (AvgIpc) is 2.71. The Balaban J connectivity index is 2.15. The van der Waals surface area contributed by atoms with Gasteiger partial charge in [0, 0.05) is 23.0 Å². The fraction of sp³-hybridized carbons (Fsp3) is 0.471. The third kappa shape index (κ3) is 2.81. The molecule has 0 aromatic heterocycles. The van der Waals surface area contributed by atoms with Crippen molar-refractivity contribution in [3.05, 3.63) is 29.8 Å². The summed E-state index contributed by atoms with van der Waals surface area (Å²) in [5.41, 5.74) is -1.33. The fourth-order valence-electron chi connectivity index (χ4n) is 3.24. The van der Waals surface area contributed by atoms with Gasteiger partial charge in [-0.3, -0.25) is 4.79 Å². The molecule has 23 heavy (non-hydrogen) atoms. The summed E-state index contributed by atoms with van der Waals surface area (Å²) in [4.78, 5) is 34.7. The molecular formula is C17H19NO5-2. The second kappa shape index (κ2) is 5.68. The van der Waals surface area contributed by atoms with E-state index < -0.39 is 28.7 Å². The van der Waals surface area contributed by atoms with E-state index in [9.17, 15) is 24.6 Å². The molecule has 2 rings (SSSR count). The zero-order chi connectivity index (χ0) is 17.4. The molecule has 1 aromatic carbocycles. The van der Waals surface area contributed by atoms with Crippen LogP contribution >= 0.6 is 0 Å². The van der Waals surface area contributed by atoms with Gasteiger partial charge >= 0.3 is 0 Å². The fourth-order valence-corrected chi connectivity index (χ4v) is 3.24. The normalized spacial score (nSPS) is 25.8. The number of hydrogen-bond donors (Lipinski definition) is 1. The van der Waals surface area contributed by atoms with E-state index in [0.717, 1.165) is 0 Å². The number of carbonyl (C=O) groups is 3. The maximum Gasteiger partial charge on any atom is 0.228 e. The van der Waals surface area contributed by atoms with Gasteiger partial charge in [0.05, 0.1) is 5.97 Å². The van der Waals surface area contributed by atoms with Crippen LogP contribution in [-0.2, 0) is 9.59 Å². The molecule has 1 fully saturated rings. The molecule has 0 spiro atoms. The van der Waals surface area contributed by atoms with Crippen molar-refractivity contribution in [2.45, 2.75) is 33.6 Å². The van der Waals surface area contributed by atoms with Crippen LogP contribution in [0.3, 0.4) is 0 Å². The summed E-state index contributed by atoms with van der Waals surface area (Å²) in [6.45, 7) is 5.14. The number of aliphatic carboxylic acids is 1. The molecule has 1 aromatic rings. The quantitative estimate of drug-likeness (QED) is 0.852. The summed E-state index contributed by atoms with van der Waals surface area (Å²) in [6, 6.07) is 5.64. The molecule has 0 bridgehead atoms. The molecule has 124 valence electrons. The molecule has 1 N–H and O–H groups in total. The van der Waals surface area contributed by atoms with E-state index in [-0.39, 0.29) is 11.5 Å². The van der Waals surface area contributed by atoms with Gasteiger partial charge in [-0.05, 0) is 36.0 Å². The number of carbonyl (C=O) groups excluding carboxylic acids is 3. The van der Waals surface area contributed by atoms with Crippen LogP contribution < -0.4 is 15.5 Å². The molecule has 0 radical (unpaired) electrons. The van der Waals surface area contributed by atoms with E-state index in [4.69, 9.17) is 0 Å². The van der Waals surface area contributed by atoms with Gasteiger partial charge in [-0.25, -0.2) is 0 Å². The minimum absolute atomic E-state index is 0.0220. The number of carboxylic acids is 2. The summed E-state index contributed by atoms with van der Waals surface area (Å²) in [7, 11) is 0. The maximum atomic E-state index is 12.5. The molecule has 0 aliphatic heterocycles. The summed E-state index contributed by atoms with van der Waals surface area (Å²) < 4.78 is 0. The molecule has 6 heteroatoms. The van der Waals surface area contributed by atoms with E-state index in [2.05, 4.69) is 5.32 Å². The predicted octanol–water partition coefficient (Wildman–Crippen LogP) is 0.181. The van der Waals surface area contributed by atoms with Gasteiger partial charge in [0.25, 0.3) is 0 Å². The third-order valence-electron chi connectivity index (χ3n) is 5.38. The Morgan fingerprint density at radius 2 is 1.65 bits per heavy atom. The van der Waals surface area contributed by atoms with Gasteiger partial charge in [-0.2, -0.15) is 0 Å². The molecule has 1 amide bonds. The van der Waals surface area contributed by atoms with Crippen molar-refractivity contribution in [3.8, 4) is 0 Å². The van der Waals surface area contributed by atoms with Crippen LogP contribution in [-0.4, -0.2) is 17.8 Å². The van der Waals surface area contributed by atoms with Crippen molar-refractivity contribution in [1.82, 2.24) is 0 Å². The Morgan fingerprint density at radius 1 is 1.09 bits per heavy atom. The molecular weight excluding hydrogens is 298 g/mol. The van der Waals surface area contributed by atoms with E-state index in [0.29, 0.717) is 18.5 Å². The van der Waals surface area contributed by atoms with Crippen molar-refractivity contribution >= 4 is 23.5 Å². The first-order valence-electron chi connectivity index (χ1n) is 7.43. The largest absolute Gasteiger partial charge is 0.550 e. The Hall–Kier alpha value is -2.37. The predicted molar refractivity (Wildman–Crippen MR) is 79.0 cm³/mol. The van der Waals surface area contributed by atoms with Gasteiger partial charge in [0.1, 0.15) is 0 Å². The molecule has 0 saturated heterocycles. The first kappa shape index (κ1) is 17.0. The first-order valence-corrected chi connectivity index (χ1v) is 7.43. The second-order valence-electron chi connectivity index (χ2n) is 6.79. The summed E-state index contributed by atoms with van der Waals surface area (Å²) in [5, 5.41) is 24.9. The molecule has 1 saturated carbocycles. The number of anilines is 1. The standard InChI is InChI=1S/C17H21NO5/c1-16(2)12(8-9-17(16,3)15(22)23)13(19)18-11-6-4-10(5-7-11)14(20)21/h4-7,12H,8-9H2,1-3H3,(H,18,19)(H,20,21)(H,22,23)/p-2/t12-,17+/m1/s1. The number of carboxylic acid groups (broad SMARTS) is 2. The van der Waals surface area contributed by atoms with Gasteiger partial charge in [0.15, 0.2) is 0 Å². The van der Waals surface area contributed by atoms with Crippen molar-refractivity contribution in [2.75, 3.05) is 5.32 Å². The van der Waals surface area contributed by atoms with Crippen molar-refractivity contribution in [3.63, 3.8) is 0 Å². The number of rotatable bonds is 4. The van der Waals surface area contributed by atoms with Crippen LogP contribution in [0.5, 0.6) is 0 Å². The lowest BCUT2D eigenvalue weighted by Crippen LogP contribution is -2.49. The van der Waals surface area contributed by atoms with E-state index in [1.807, 2.05) is 0 Å². The van der Waals surface area contributed by atoms with Crippen molar-refractivity contribution in [2.24, 2.45) is 16.7 Å². The highest BCUT2D eigenvalue weighted by Gasteiger charge is 2.54. The lowest BCUT2D eigenvalue weighted by molar-refractivity contribution is -0.323. The molecule has 2 atom stereocenters. The van der Waals surface area contributed by atoms with E-state index in [1.54, 1.807) is 20.8 Å². The summed E-state index contributed by atoms with van der Waals surface area (Å²) in [6.07, 6.45) is 0.838. The first-order chi connectivity index (χ1) is 10.6. The summed E-state index contributed by atoms with van der Waals surface area (Å²) >= 11 is 0. The number of aromatic carboxylic acids is 1. The van der Waals surface area contributed by atoms with Crippen LogP contribution in [0.15, 0.2) is 24.3 Å². The maximum absolute atomic E-state index is 12.5. The molecule has 0 unspecified atom stereocenters. The smallest absolute Gasteiger partial charge is 0.228 e. The Morgan fingerprint density at radius 3 is 2.09 bits per heavy atom. The number of nitrogens with one attached hydrogen (secondary N) is 1. The topological polar surface area (TPSA) is 109 Å². The van der Waals surface area contributed by atoms with Gasteiger partial charge in [0.2, 0.25) is 5.91 Å². The van der Waals surface area contributed by atoms with Crippen LogP contribution in [0, 0.1) is 16.7 Å². The second-order valence-corrected chi connectivity index (χ2v) is 6.79. The Kier molecular flexibility index (Phi) is 4.20. The van der Waals surface area contributed by atoms with Gasteiger partial charge in [-0.1, -0.05) is 32.9 Å². The molecule has 1 aliphatic carbocycles. The zero-order valence-electron chi connectivity index (χ0n) is 13.3. The average molecular weight is 317 g/mol. The molecule has 6 nitrogen and oxygen atoms in total. The van der Waals surface area contributed by atoms with Crippen LogP contribution in [0.4, 0.5) is 5.69 Å². The summed E-state index contributed by atoms with van der Waals surface area (Å²) in [5.74, 6) is -3.17. The zero-order valence-corrected chi connectivity index (χ0v) is 13.3. The van der Waals surface area contributed by atoms with E-state index in [1.165, 1.54) is 24.3 Å². The highest BCUT2D eigenvalue weighted by molar-refractivity contribution is 5.95. The van der Waals surface area contributed by atoms with Crippen LogP contribution in [0.2, 0.25) is 0 Å². The SMILES string of the molecule is CC1(C)[C@@H](C(=O)Nc2ccc(C(=O)[O-])cc2)CC[C@@]1(C)C(=O)[O-]. The minimum atomic E-state index is -1.29. The Labute approximate surface area is 134 Å². The minimum Gasteiger partial charge on any atom is -0.550 e. The molecule has 1 aliphatic rings. The highest BCUT2D eigenvalue weighted by atomic mass is 16.4. The van der Waals surface area contributed by atoms with E-state index >= 15 is 0 Å². The highest BCUT2D eigenvalue weighted by Crippen LogP contribution is 2.55. The lowest BCUT2D eigenvalue weighted by atomic mass is 9.65. The van der Waals surface area contributed by atoms with Crippen molar-refractivity contribution < 1.29 is 24.6 Å². The number of benzene rings is 1. The monoisotopic (exact) mass is 317 g/mol.